The molecule has 0 amide bonds. The van der Waals surface area contributed by atoms with Crippen LogP contribution in [0.15, 0.2) is 72.3 Å². The third-order valence-electron chi connectivity index (χ3n) is 5.79. The number of hydrogen-bond donors (Lipinski definition) is 0. The molecule has 1 atom stereocenters. The Hall–Kier alpha value is -2.34. The fraction of sp³-hybridized carbons (Fsp3) is 0.280. The first-order chi connectivity index (χ1) is 12.1. The van der Waals surface area contributed by atoms with Crippen LogP contribution in [0.1, 0.15) is 48.6 Å². The minimum absolute atomic E-state index is 0.104. The third-order valence-corrected chi connectivity index (χ3v) is 5.79. The lowest BCUT2D eigenvalue weighted by Crippen LogP contribution is -2.28. The zero-order valence-corrected chi connectivity index (χ0v) is 15.6. The molecule has 0 heterocycles. The molecule has 2 aliphatic rings. The number of benzene rings is 2. The lowest BCUT2D eigenvalue weighted by Gasteiger charge is -2.35. The molecule has 2 aliphatic carbocycles. The summed E-state index contributed by atoms with van der Waals surface area (Å²) in [6, 6.07) is 15.6. The summed E-state index contributed by atoms with van der Waals surface area (Å²) in [6.45, 7) is 9.06. The van der Waals surface area contributed by atoms with Crippen molar-refractivity contribution in [2.24, 2.45) is 5.92 Å². The number of allylic oxidation sites excluding steroid dienone is 6. The zero-order valence-electron chi connectivity index (χ0n) is 15.6. The van der Waals surface area contributed by atoms with Crippen LogP contribution in [0.3, 0.4) is 0 Å². The summed E-state index contributed by atoms with van der Waals surface area (Å²) in [5.74, 6) is 0.557. The van der Waals surface area contributed by atoms with Crippen molar-refractivity contribution in [3.8, 4) is 0 Å². The predicted molar refractivity (Wildman–Crippen MR) is 108 cm³/mol. The summed E-state index contributed by atoms with van der Waals surface area (Å²) in [4.78, 5) is 0. The Labute approximate surface area is 151 Å². The Morgan fingerprint density at radius 3 is 2.48 bits per heavy atom. The van der Waals surface area contributed by atoms with Crippen molar-refractivity contribution >= 4 is 5.57 Å². The van der Waals surface area contributed by atoms with E-state index >= 15 is 0 Å². The molecule has 2 aromatic carbocycles. The Bertz CT molecular complexity index is 907. The van der Waals surface area contributed by atoms with E-state index in [1.807, 2.05) is 0 Å². The Balaban J connectivity index is 2.07. The van der Waals surface area contributed by atoms with Crippen LogP contribution in [0.25, 0.3) is 5.57 Å². The Morgan fingerprint density at radius 1 is 1.00 bits per heavy atom. The highest BCUT2D eigenvalue weighted by molar-refractivity contribution is 5.90. The van der Waals surface area contributed by atoms with Gasteiger partial charge in [-0.05, 0) is 65.1 Å². The van der Waals surface area contributed by atoms with Crippen LogP contribution in [0.5, 0.6) is 0 Å². The summed E-state index contributed by atoms with van der Waals surface area (Å²) in [7, 11) is 0. The molecular formula is C25H26. The summed E-state index contributed by atoms with van der Waals surface area (Å²) < 4.78 is 0. The second kappa shape index (κ2) is 5.88. The van der Waals surface area contributed by atoms with Gasteiger partial charge in [0.15, 0.2) is 0 Å². The van der Waals surface area contributed by atoms with Crippen LogP contribution < -0.4 is 0 Å². The van der Waals surface area contributed by atoms with Gasteiger partial charge in [0.25, 0.3) is 0 Å². The molecule has 1 unspecified atom stereocenters. The monoisotopic (exact) mass is 326 g/mol. The number of hydrogen-bond acceptors (Lipinski definition) is 0. The maximum atomic E-state index is 2.44. The first kappa shape index (κ1) is 16.1. The van der Waals surface area contributed by atoms with Gasteiger partial charge in [0, 0.05) is 0 Å². The third kappa shape index (κ3) is 2.28. The van der Waals surface area contributed by atoms with Gasteiger partial charge < -0.3 is 0 Å². The van der Waals surface area contributed by atoms with Crippen LogP contribution in [-0.2, 0) is 11.8 Å². The van der Waals surface area contributed by atoms with E-state index in [2.05, 4.69) is 94.5 Å². The molecule has 0 N–H and O–H groups in total. The maximum Gasteiger partial charge on any atom is 0.0607 e. The van der Waals surface area contributed by atoms with E-state index in [0.717, 1.165) is 6.42 Å². The molecule has 0 saturated heterocycles. The number of rotatable bonds is 3. The average molecular weight is 326 g/mol. The fourth-order valence-corrected chi connectivity index (χ4v) is 4.52. The molecule has 25 heavy (non-hydrogen) atoms. The van der Waals surface area contributed by atoms with E-state index in [-0.39, 0.29) is 5.41 Å². The SMILES string of the molecule is CC1=C(/C=C\C(C)C)c2ccc(C)c3c2C1(c1ccccc1)C=CC3. The normalized spacial score (nSPS) is 21.5. The first-order valence-electron chi connectivity index (χ1n) is 9.32. The minimum atomic E-state index is -0.104. The topological polar surface area (TPSA) is 0 Å². The standard InChI is InChI=1S/C25H26/c1-17(2)12-14-22-19(4)25(20-9-6-5-7-10-20)16-8-11-21-18(3)13-15-23(22)24(21)25/h5-10,12-17H,11H2,1-4H3/b14-12-. The molecule has 2 aromatic rings. The van der Waals surface area contributed by atoms with Gasteiger partial charge in [0.1, 0.15) is 0 Å². The van der Waals surface area contributed by atoms with E-state index in [4.69, 9.17) is 0 Å². The Kier molecular flexibility index (Phi) is 3.80. The quantitative estimate of drug-likeness (QED) is 0.573. The molecule has 0 saturated carbocycles. The Morgan fingerprint density at radius 2 is 1.76 bits per heavy atom. The summed E-state index contributed by atoms with van der Waals surface area (Å²) >= 11 is 0. The van der Waals surface area contributed by atoms with E-state index < -0.39 is 0 Å². The second-order valence-electron chi connectivity index (χ2n) is 7.71. The van der Waals surface area contributed by atoms with E-state index in [9.17, 15) is 0 Å². The molecular weight excluding hydrogens is 300 g/mol. The second-order valence-corrected chi connectivity index (χ2v) is 7.71. The average Bonchev–Trinajstić information content (AvgIpc) is 2.87. The van der Waals surface area contributed by atoms with Crippen LogP contribution in [-0.4, -0.2) is 0 Å². The predicted octanol–water partition coefficient (Wildman–Crippen LogP) is 6.39. The maximum absolute atomic E-state index is 2.44. The van der Waals surface area contributed by atoms with Crippen molar-refractivity contribution in [2.75, 3.05) is 0 Å². The summed E-state index contributed by atoms with van der Waals surface area (Å²) in [5.41, 5.74) is 9.98. The van der Waals surface area contributed by atoms with Crippen LogP contribution >= 0.6 is 0 Å². The molecule has 0 fully saturated rings. The van der Waals surface area contributed by atoms with Gasteiger partial charge in [0.05, 0.1) is 5.41 Å². The summed E-state index contributed by atoms with van der Waals surface area (Å²) in [5, 5.41) is 0. The lowest BCUT2D eigenvalue weighted by molar-refractivity contribution is 0.745. The van der Waals surface area contributed by atoms with E-state index in [0.29, 0.717) is 5.92 Å². The van der Waals surface area contributed by atoms with Crippen molar-refractivity contribution in [2.45, 2.75) is 39.5 Å². The van der Waals surface area contributed by atoms with Gasteiger partial charge in [-0.2, -0.15) is 0 Å². The van der Waals surface area contributed by atoms with E-state index in [1.54, 1.807) is 0 Å². The molecule has 4 rings (SSSR count). The van der Waals surface area contributed by atoms with Gasteiger partial charge in [-0.25, -0.2) is 0 Å². The van der Waals surface area contributed by atoms with Crippen molar-refractivity contribution in [3.63, 3.8) is 0 Å². The molecule has 0 spiro atoms. The van der Waals surface area contributed by atoms with E-state index in [1.165, 1.54) is 39.0 Å². The van der Waals surface area contributed by atoms with Crippen molar-refractivity contribution in [1.29, 1.82) is 0 Å². The van der Waals surface area contributed by atoms with Crippen molar-refractivity contribution < 1.29 is 0 Å². The highest BCUT2D eigenvalue weighted by atomic mass is 14.5. The smallest absolute Gasteiger partial charge is 0.0607 e. The molecule has 0 aliphatic heterocycles. The molecule has 0 bridgehead atoms. The molecule has 126 valence electrons. The number of aryl methyl sites for hydroxylation is 1. The summed E-state index contributed by atoms with van der Waals surface area (Å²) in [6.07, 6.45) is 10.5. The highest BCUT2D eigenvalue weighted by Crippen LogP contribution is 2.55. The largest absolute Gasteiger partial charge is 0.0826 e. The van der Waals surface area contributed by atoms with Crippen molar-refractivity contribution in [3.05, 3.63) is 100 Å². The molecule has 0 aromatic heterocycles. The highest BCUT2D eigenvalue weighted by Gasteiger charge is 2.44. The van der Waals surface area contributed by atoms with Gasteiger partial charge in [-0.1, -0.05) is 80.6 Å². The fourth-order valence-electron chi connectivity index (χ4n) is 4.52. The van der Waals surface area contributed by atoms with Gasteiger partial charge >= 0.3 is 0 Å². The van der Waals surface area contributed by atoms with Gasteiger partial charge in [-0.3, -0.25) is 0 Å². The van der Waals surface area contributed by atoms with Gasteiger partial charge in [0.2, 0.25) is 0 Å². The van der Waals surface area contributed by atoms with Crippen LogP contribution in [0.2, 0.25) is 0 Å². The van der Waals surface area contributed by atoms with Crippen LogP contribution in [0, 0.1) is 12.8 Å². The van der Waals surface area contributed by atoms with Gasteiger partial charge in [-0.15, -0.1) is 0 Å². The van der Waals surface area contributed by atoms with Crippen molar-refractivity contribution in [1.82, 2.24) is 0 Å². The molecule has 0 heteroatoms. The first-order valence-corrected chi connectivity index (χ1v) is 9.32. The molecule has 0 nitrogen and oxygen atoms in total. The lowest BCUT2D eigenvalue weighted by atomic mass is 9.67. The zero-order chi connectivity index (χ0) is 17.6. The van der Waals surface area contributed by atoms with Crippen LogP contribution in [0.4, 0.5) is 0 Å². The molecule has 0 radical (unpaired) electrons. The minimum Gasteiger partial charge on any atom is -0.0826 e.